The van der Waals surface area contributed by atoms with Crippen LogP contribution in [-0.2, 0) is 0 Å². The van der Waals surface area contributed by atoms with Crippen molar-refractivity contribution >= 4 is 255 Å². The van der Waals surface area contributed by atoms with E-state index in [1.54, 1.807) is 0 Å². The van der Waals surface area contributed by atoms with E-state index in [2.05, 4.69) is 255 Å². The molecule has 151 valence electrons. The summed E-state index contributed by atoms with van der Waals surface area (Å²) in [6.45, 7) is 1.95. The summed E-state index contributed by atoms with van der Waals surface area (Å²) >= 11 is 59.4. The van der Waals surface area contributed by atoms with E-state index in [1.807, 2.05) is 6.92 Å². The maximum Gasteiger partial charge on any atom is 0.135 e. The highest BCUT2D eigenvalue weighted by Crippen LogP contribution is 2.77. The first-order chi connectivity index (χ1) is 10.4. The van der Waals surface area contributed by atoms with Crippen LogP contribution in [0.25, 0.3) is 0 Å². The summed E-state index contributed by atoms with van der Waals surface area (Å²) in [5.41, 5.74) is 0. The molecule has 0 aromatic heterocycles. The second kappa shape index (κ2) is 10.7. The Kier molecular flexibility index (Phi) is 14.0. The monoisotopic (exact) mass is 1370 g/mol. The third-order valence-corrected chi connectivity index (χ3v) is 34.3. The molecule has 0 nitrogen and oxygen atoms in total. The molecule has 0 saturated heterocycles. The van der Waals surface area contributed by atoms with E-state index in [1.165, 1.54) is 0 Å². The molecule has 0 spiro atoms. The van der Waals surface area contributed by atoms with Gasteiger partial charge in [0.15, 0.2) is 0 Å². The van der Waals surface area contributed by atoms with Gasteiger partial charge in [-0.05, 0) is 6.92 Å². The summed E-state index contributed by atoms with van der Waals surface area (Å²) in [6, 6.07) is 0. The Labute approximate surface area is 282 Å². The van der Waals surface area contributed by atoms with Gasteiger partial charge < -0.3 is 0 Å². The Morgan fingerprint density at radius 3 is 0.920 bits per heavy atom. The smallest absolute Gasteiger partial charge is 0.0704 e. The van der Waals surface area contributed by atoms with Crippen molar-refractivity contribution in [1.29, 1.82) is 0 Å². The molecule has 0 aliphatic heterocycles. The molecule has 0 N–H and O–H groups in total. The third kappa shape index (κ3) is 6.09. The van der Waals surface area contributed by atoms with Crippen LogP contribution in [0.3, 0.4) is 0 Å². The fourth-order valence-electron chi connectivity index (χ4n) is 1.18. The van der Waals surface area contributed by atoms with Crippen molar-refractivity contribution in [3.8, 4) is 0 Å². The fraction of sp³-hybridized carbons (Fsp3) is 0.889. The summed E-state index contributed by atoms with van der Waals surface area (Å²) in [5, 5.41) is 0. The second-order valence-corrected chi connectivity index (χ2v) is 32.1. The van der Waals surface area contributed by atoms with Crippen molar-refractivity contribution in [2.45, 2.75) is 29.6 Å². The van der Waals surface area contributed by atoms with Gasteiger partial charge in [0.05, 0.1) is 0 Å². The van der Waals surface area contributed by atoms with Crippen LogP contribution >= 0.6 is 255 Å². The number of rotatable bonds is 7. The summed E-state index contributed by atoms with van der Waals surface area (Å²) in [6.07, 6.45) is 0. The highest BCUT2D eigenvalue weighted by molar-refractivity contribution is 9.37. The zero-order valence-electron chi connectivity index (χ0n) is 11.0. The van der Waals surface area contributed by atoms with Crippen LogP contribution in [0, 0.1) is 3.74 Å². The van der Waals surface area contributed by atoms with Gasteiger partial charge in [0.1, 0.15) is 26.4 Å². The molecule has 0 aliphatic carbocycles. The van der Waals surface area contributed by atoms with Crippen molar-refractivity contribution in [3.05, 3.63) is 3.74 Å². The maximum atomic E-state index is 3.82. The quantitative estimate of drug-likeness (QED) is 0.223. The minimum Gasteiger partial charge on any atom is -0.0704 e. The molecule has 0 aromatic rings. The molecule has 0 bridgehead atoms. The van der Waals surface area contributed by atoms with Crippen molar-refractivity contribution in [1.82, 2.24) is 0 Å². The van der Waals surface area contributed by atoms with Gasteiger partial charge in [0.2, 0.25) is 0 Å². The SMILES string of the molecule is CC(Br)(Br)C(Br)(Br)C(Br)(Br)C(Br)(Br)C(Br)(Br)C(Br)(Br)C(Br)(Br)[C](Br)Br. The Bertz CT molecular complexity index is 482. The molecular weight excluding hydrogens is 1390 g/mol. The lowest BCUT2D eigenvalue weighted by Crippen LogP contribution is -2.66. The molecule has 0 unspecified atom stereocenters. The average molecular weight is 1390 g/mol. The topological polar surface area (TPSA) is 0 Å². The van der Waals surface area contributed by atoms with E-state index in [-0.39, 0.29) is 0 Å². The summed E-state index contributed by atoms with van der Waals surface area (Å²) in [5.74, 6) is 0. The highest BCUT2D eigenvalue weighted by atomic mass is 79.9. The van der Waals surface area contributed by atoms with E-state index in [0.29, 0.717) is 3.74 Å². The van der Waals surface area contributed by atoms with Gasteiger partial charge in [0.25, 0.3) is 0 Å². The van der Waals surface area contributed by atoms with Crippen LogP contribution in [0.2, 0.25) is 0 Å². The molecule has 25 heavy (non-hydrogen) atoms. The fourth-order valence-corrected chi connectivity index (χ4v) is 14.7. The Balaban J connectivity index is 6.50. The zero-order chi connectivity index (χ0) is 21.1. The molecule has 0 heterocycles. The second-order valence-electron chi connectivity index (χ2n) is 4.60. The number of hydrogen-bond acceptors (Lipinski definition) is 0. The van der Waals surface area contributed by atoms with Crippen LogP contribution in [0.5, 0.6) is 0 Å². The van der Waals surface area contributed by atoms with Gasteiger partial charge in [-0.15, -0.1) is 0 Å². The van der Waals surface area contributed by atoms with Gasteiger partial charge in [-0.1, -0.05) is 255 Å². The predicted octanol–water partition coefficient (Wildman–Crippen LogP) is 12.7. The van der Waals surface area contributed by atoms with Crippen molar-refractivity contribution in [2.75, 3.05) is 0 Å². The van der Waals surface area contributed by atoms with E-state index >= 15 is 0 Å². The Morgan fingerprint density at radius 1 is 0.440 bits per heavy atom. The maximum absolute atomic E-state index is 3.82. The molecular formula is C9H3Br16. The van der Waals surface area contributed by atoms with Gasteiger partial charge in [-0.2, -0.15) is 0 Å². The molecule has 1 radical (unpaired) electrons. The third-order valence-electron chi connectivity index (χ3n) is 2.76. The van der Waals surface area contributed by atoms with Gasteiger partial charge in [-0.25, -0.2) is 0 Å². The van der Waals surface area contributed by atoms with Crippen LogP contribution in [0.4, 0.5) is 0 Å². The van der Waals surface area contributed by atoms with Crippen LogP contribution in [0.15, 0.2) is 0 Å². The lowest BCUT2D eigenvalue weighted by atomic mass is 10.1. The van der Waals surface area contributed by atoms with Crippen LogP contribution in [0.1, 0.15) is 6.92 Å². The first-order valence-electron chi connectivity index (χ1n) is 5.27. The molecule has 0 amide bonds. The minimum atomic E-state index is -0.912. The molecule has 0 fully saturated rings. The average Bonchev–Trinajstić information content (AvgIpc) is 2.35. The first-order valence-corrected chi connectivity index (χ1v) is 18.0. The normalized spacial score (nSPS) is 16.6. The zero-order valence-corrected chi connectivity index (χ0v) is 36.4. The summed E-state index contributed by atoms with van der Waals surface area (Å²) < 4.78 is -4.95. The number of hydrogen-bond donors (Lipinski definition) is 0. The molecule has 16 heteroatoms. The van der Waals surface area contributed by atoms with Gasteiger partial charge >= 0.3 is 0 Å². The van der Waals surface area contributed by atoms with Crippen molar-refractivity contribution in [2.24, 2.45) is 0 Å². The van der Waals surface area contributed by atoms with E-state index in [9.17, 15) is 0 Å². The molecule has 0 aromatic carbocycles. The lowest BCUT2D eigenvalue weighted by molar-refractivity contribution is 0.597. The van der Waals surface area contributed by atoms with Crippen molar-refractivity contribution in [3.63, 3.8) is 0 Å². The standard InChI is InChI=1S/C9H3Br16/c1-3(12,13)5(16,17)7(20,21)9(24,25)8(22,23)6(18,19)4(14,15)2(10)11/h1H3. The van der Waals surface area contributed by atoms with E-state index in [4.69, 9.17) is 0 Å². The van der Waals surface area contributed by atoms with Gasteiger partial charge in [-0.3, -0.25) is 0 Å². The molecule has 0 saturated carbocycles. The minimum absolute atomic E-state index is 0.563. The molecule has 0 rings (SSSR count). The van der Waals surface area contributed by atoms with Gasteiger partial charge in [0, 0.05) is 0 Å². The van der Waals surface area contributed by atoms with E-state index in [0.717, 1.165) is 0 Å². The Morgan fingerprint density at radius 2 is 0.680 bits per heavy atom. The van der Waals surface area contributed by atoms with Crippen LogP contribution in [-0.4, -0.2) is 22.6 Å². The molecule has 0 aliphatic rings. The first kappa shape index (κ1) is 32.7. The van der Waals surface area contributed by atoms with E-state index < -0.39 is 22.6 Å². The summed E-state index contributed by atoms with van der Waals surface area (Å²) in [4.78, 5) is 0. The van der Waals surface area contributed by atoms with Crippen molar-refractivity contribution < 1.29 is 0 Å². The molecule has 0 atom stereocenters. The largest absolute Gasteiger partial charge is 0.135 e. The summed E-state index contributed by atoms with van der Waals surface area (Å²) in [7, 11) is 0. The van der Waals surface area contributed by atoms with Crippen LogP contribution < -0.4 is 0 Å². The predicted molar refractivity (Wildman–Crippen MR) is 171 cm³/mol. The highest BCUT2D eigenvalue weighted by Gasteiger charge is 2.75. The Hall–Kier alpha value is 7.68. The lowest BCUT2D eigenvalue weighted by Gasteiger charge is -2.56. The number of alkyl halides is 14. The number of halogens is 16.